The molecule has 0 spiro atoms. The van der Waals surface area contributed by atoms with Crippen LogP contribution in [0.25, 0.3) is 0 Å². The number of aliphatic hydroxyl groups is 19. The molecule has 0 bridgehead atoms. The van der Waals surface area contributed by atoms with E-state index in [0.717, 1.165) is 65.2 Å². The van der Waals surface area contributed by atoms with Gasteiger partial charge in [0, 0.05) is 20.3 Å². The quantitative estimate of drug-likeness (QED) is 0.0237. The molecule has 14 unspecified atom stereocenters. The maximum Gasteiger partial charge on any atom is 0.220 e. The fraction of sp³-hybridized carbons (Fsp3) is 0.940. The number of hydrogen-bond donors (Lipinski definition) is 22. The first-order valence-corrected chi connectivity index (χ1v) is 45.2. The lowest BCUT2D eigenvalue weighted by atomic mass is 9.93. The number of nitrogens with one attached hydrogen (secondary N) is 3. The lowest BCUT2D eigenvalue weighted by molar-refractivity contribution is -0.397. The molecule has 7 aliphatic rings. The second kappa shape index (κ2) is 55.9. The minimum atomic E-state index is -2.33. The Kier molecular flexibility index (Phi) is 48.5. The summed E-state index contributed by atoms with van der Waals surface area (Å²) < 4.78 is 84.6. The standard InChI is InChI=1S/C84H151N3O36/c1-7-9-11-13-15-17-19-21-22-23-24-26-28-30-32-34-36-38-56(96)87-49(50(95)37-35-33-31-29-27-25-20-18-16-14-12-10-8-2)44-110-80-69(107)66(104)73(54(42-91)117-80)119-83-70(108)77(62(100)51(39-88)113-83)123-79-58(86-48(6)94)75(121-82-68(106)65(103)60(98)46(4)112-82)74(55(43-92)116-79)120-84-71(109)76(61(99)52(40-89)114-84)122-78-57(85-47(5)93)63(101)72(53(41-90)115-78)118-81-67(105)64(102)59(97)45(3)111-81/h35,37,45-46,49-55,57-84,88-92,95,97-109H,7-34,36,38-44H2,1-6H3,(H,85,93)(H,86,94)(H,87,96)/b37-35+/t45?,46?,49-,50+,51?,52?,53?,54?,55?,57?,58?,59+,60+,61-,62-,63+,64?,65?,66+,67-,68-,69?,70?,71?,72+,73+,74+,75+,76-,77-,78-,79-,80+,81+,82+,83-,84-/m0/s1. The van der Waals surface area contributed by atoms with Crippen LogP contribution in [0.3, 0.4) is 0 Å². The van der Waals surface area contributed by atoms with Gasteiger partial charge in [0.05, 0.1) is 64.0 Å². The van der Waals surface area contributed by atoms with Crippen molar-refractivity contribution in [1.29, 1.82) is 0 Å². The molecule has 39 nitrogen and oxygen atoms in total. The van der Waals surface area contributed by atoms with Gasteiger partial charge in [0.2, 0.25) is 17.7 Å². The molecule has 37 atom stereocenters. The first-order chi connectivity index (χ1) is 59.0. The summed E-state index contributed by atoms with van der Waals surface area (Å²) in [7, 11) is 0. The Bertz CT molecular complexity index is 2930. The van der Waals surface area contributed by atoms with E-state index in [9.17, 15) is 111 Å². The Morgan fingerprint density at radius 1 is 0.333 bits per heavy atom. The minimum Gasteiger partial charge on any atom is -0.394 e. The predicted octanol–water partition coefficient (Wildman–Crippen LogP) is -1.76. The molecule has 718 valence electrons. The molecule has 7 rings (SSSR count). The largest absolute Gasteiger partial charge is 0.394 e. The second-order valence-electron chi connectivity index (χ2n) is 34.1. The highest BCUT2D eigenvalue weighted by molar-refractivity contribution is 5.76. The van der Waals surface area contributed by atoms with E-state index in [2.05, 4.69) is 29.8 Å². The van der Waals surface area contributed by atoms with Crippen LogP contribution in [0, 0.1) is 0 Å². The summed E-state index contributed by atoms with van der Waals surface area (Å²) in [5.74, 6) is -2.13. The summed E-state index contributed by atoms with van der Waals surface area (Å²) in [6, 6.07) is -4.81. The van der Waals surface area contributed by atoms with Crippen molar-refractivity contribution in [3.63, 3.8) is 0 Å². The van der Waals surface area contributed by atoms with E-state index in [1.54, 1.807) is 6.08 Å². The van der Waals surface area contributed by atoms with E-state index in [-0.39, 0.29) is 12.3 Å². The Hall–Kier alpha value is -3.17. The average Bonchev–Trinajstić information content (AvgIpc) is 0.762. The number of carbonyl (C=O) groups is 3. The van der Waals surface area contributed by atoms with E-state index in [1.165, 1.54) is 136 Å². The van der Waals surface area contributed by atoms with E-state index in [4.69, 9.17) is 66.3 Å². The fourth-order valence-electron chi connectivity index (χ4n) is 16.8. The third-order valence-electron chi connectivity index (χ3n) is 24.3. The van der Waals surface area contributed by atoms with Crippen molar-refractivity contribution in [1.82, 2.24) is 16.0 Å². The Balaban J connectivity index is 1.05. The molecule has 0 aromatic rings. The lowest BCUT2D eigenvalue weighted by Gasteiger charge is -2.52. The number of rotatable bonds is 55. The highest BCUT2D eigenvalue weighted by Gasteiger charge is 2.60. The molecule has 0 aliphatic carbocycles. The van der Waals surface area contributed by atoms with Gasteiger partial charge in [-0.3, -0.25) is 14.4 Å². The third-order valence-corrected chi connectivity index (χ3v) is 24.3. The number of allylic oxidation sites excluding steroid dienone is 1. The van der Waals surface area contributed by atoms with Crippen LogP contribution >= 0.6 is 0 Å². The summed E-state index contributed by atoms with van der Waals surface area (Å²) in [5, 5.41) is 223. The third kappa shape index (κ3) is 31.8. The van der Waals surface area contributed by atoms with Crippen molar-refractivity contribution in [2.24, 2.45) is 0 Å². The van der Waals surface area contributed by atoms with E-state index in [0.29, 0.717) is 12.8 Å². The molecular weight excluding hydrogens is 1630 g/mol. The van der Waals surface area contributed by atoms with Crippen molar-refractivity contribution < 1.29 is 178 Å². The topological polar surface area (TPSA) is 601 Å². The molecule has 0 radical (unpaired) electrons. The molecule has 123 heavy (non-hydrogen) atoms. The van der Waals surface area contributed by atoms with Crippen LogP contribution in [0.1, 0.15) is 234 Å². The number of carbonyl (C=O) groups excluding carboxylic acids is 3. The molecule has 22 N–H and O–H groups in total. The first kappa shape index (κ1) is 107. The normalized spacial score (nSPS) is 38.7. The summed E-state index contributed by atoms with van der Waals surface area (Å²) in [6.07, 6.45) is -27.8. The average molecular weight is 1780 g/mol. The molecule has 0 aromatic carbocycles. The van der Waals surface area contributed by atoms with Crippen molar-refractivity contribution in [2.45, 2.75) is 461 Å². The summed E-state index contributed by atoms with van der Waals surface area (Å²) in [6.45, 7) is 3.30. The van der Waals surface area contributed by atoms with E-state index < -0.39 is 278 Å². The number of hydrogen-bond acceptors (Lipinski definition) is 36. The lowest BCUT2D eigenvalue weighted by Crippen LogP contribution is -2.71. The molecule has 7 heterocycles. The van der Waals surface area contributed by atoms with E-state index >= 15 is 0 Å². The summed E-state index contributed by atoms with van der Waals surface area (Å²) >= 11 is 0. The maximum absolute atomic E-state index is 13.6. The minimum absolute atomic E-state index is 0.157. The van der Waals surface area contributed by atoms with Crippen LogP contribution < -0.4 is 16.0 Å². The van der Waals surface area contributed by atoms with Crippen molar-refractivity contribution >= 4 is 17.7 Å². The Labute approximate surface area is 721 Å². The summed E-state index contributed by atoms with van der Waals surface area (Å²) in [4.78, 5) is 40.0. The van der Waals surface area contributed by atoms with Crippen LogP contribution in [0.5, 0.6) is 0 Å². The van der Waals surface area contributed by atoms with Gasteiger partial charge in [0.15, 0.2) is 44.0 Å². The van der Waals surface area contributed by atoms with Gasteiger partial charge in [0.1, 0.15) is 159 Å². The zero-order chi connectivity index (χ0) is 90.0. The first-order valence-electron chi connectivity index (χ1n) is 45.2. The van der Waals surface area contributed by atoms with Crippen molar-refractivity contribution in [3.8, 4) is 0 Å². The zero-order valence-corrected chi connectivity index (χ0v) is 72.4. The van der Waals surface area contributed by atoms with E-state index in [1.807, 2.05) is 6.08 Å². The van der Waals surface area contributed by atoms with Gasteiger partial charge in [-0.05, 0) is 33.1 Å². The molecule has 7 fully saturated rings. The van der Waals surface area contributed by atoms with Crippen LogP contribution in [-0.2, 0) is 80.7 Å². The summed E-state index contributed by atoms with van der Waals surface area (Å²) in [5.41, 5.74) is 0. The zero-order valence-electron chi connectivity index (χ0n) is 72.4. The molecule has 0 aromatic heterocycles. The molecule has 7 aliphatic heterocycles. The highest BCUT2D eigenvalue weighted by Crippen LogP contribution is 2.40. The molecule has 7 saturated heterocycles. The van der Waals surface area contributed by atoms with Gasteiger partial charge >= 0.3 is 0 Å². The van der Waals surface area contributed by atoms with Crippen LogP contribution in [-0.4, -0.2) is 381 Å². The van der Waals surface area contributed by atoms with Gasteiger partial charge in [-0.2, -0.15) is 0 Å². The SMILES string of the molecule is CCCCCCCCCCCCC/C=C/[C@@H](O)[C@H](CO[C@@H]1OC(CO)[C@@H](O[C@@H]2OC(CO)[C@H](O)[C@H](O[C@@H]3OC(CO)[C@@H](O[C@@H]4OC(CO)[C@H](O)[C@H](O[C@@H]5OC(CO)[C@@H](O[C@H]6OC(C)[C@@H](O)C(O)[C@@H]6O)[C@H](O)C5NC(C)=O)C4O)[C@H](O[C@H]4OC(C)[C@@H](O)C(O)[C@@H]4O)C3NC(C)=O)C2O)[C@H](O)C1O)NC(=O)CCCCCCCCCCCCCCCCCCC. The van der Waals surface area contributed by atoms with Crippen molar-refractivity contribution in [3.05, 3.63) is 12.2 Å². The van der Waals surface area contributed by atoms with Gasteiger partial charge in [0.25, 0.3) is 0 Å². The number of amides is 3. The monoisotopic (exact) mass is 1780 g/mol. The Morgan fingerprint density at radius 3 is 1.07 bits per heavy atom. The van der Waals surface area contributed by atoms with Crippen LogP contribution in [0.2, 0.25) is 0 Å². The van der Waals surface area contributed by atoms with Crippen molar-refractivity contribution in [2.75, 3.05) is 39.6 Å². The Morgan fingerprint density at radius 2 is 0.659 bits per heavy atom. The van der Waals surface area contributed by atoms with Crippen LogP contribution in [0.15, 0.2) is 12.2 Å². The highest BCUT2D eigenvalue weighted by atomic mass is 16.8. The van der Waals surface area contributed by atoms with Gasteiger partial charge in [-0.15, -0.1) is 0 Å². The second-order valence-corrected chi connectivity index (χ2v) is 34.1. The molecule has 3 amide bonds. The molecular formula is C84H151N3O36. The van der Waals surface area contributed by atoms with Crippen LogP contribution in [0.4, 0.5) is 0 Å². The molecule has 39 heteroatoms. The smallest absolute Gasteiger partial charge is 0.220 e. The molecule has 0 saturated carbocycles. The van der Waals surface area contributed by atoms with Gasteiger partial charge in [-0.25, -0.2) is 0 Å². The van der Waals surface area contributed by atoms with Gasteiger partial charge in [-0.1, -0.05) is 193 Å². The predicted molar refractivity (Wildman–Crippen MR) is 433 cm³/mol. The maximum atomic E-state index is 13.6. The number of aliphatic hydroxyl groups excluding tert-OH is 19. The number of unbranched alkanes of at least 4 members (excludes halogenated alkanes) is 27. The van der Waals surface area contributed by atoms with Gasteiger partial charge < -0.3 is 179 Å². The fourth-order valence-corrected chi connectivity index (χ4v) is 16.8. The number of ether oxygens (including phenoxy) is 14.